The molecule has 2 heterocycles. The summed E-state index contributed by atoms with van der Waals surface area (Å²) in [5.74, 6) is -2.43. The van der Waals surface area contributed by atoms with Crippen molar-refractivity contribution in [2.24, 2.45) is 17.6 Å². The first-order chi connectivity index (χ1) is 17.0. The highest BCUT2D eigenvalue weighted by atomic mass is 32.2. The van der Waals surface area contributed by atoms with E-state index in [0.29, 0.717) is 35.7 Å². The molecular formula is C24H29FN6O4S. The third-order valence-electron chi connectivity index (χ3n) is 6.06. The molecule has 0 bridgehead atoms. The standard InChI is InChI=1S/C24H29FN6O4S/c1-14(2)35-22-13-28-11-20(30-22)16-4-7-19(23(26)32)24(25,9-16)15(3)8-17-10-27-12-21(29-17)31-36(33,34)18-5-6-18/h4,7,9-15,18-19H,5-6,8H2,1-3H3,(H2,26,32)(H,29,31). The van der Waals surface area contributed by atoms with E-state index in [1.807, 2.05) is 13.8 Å². The van der Waals surface area contributed by atoms with Crippen LogP contribution in [0.5, 0.6) is 5.88 Å². The van der Waals surface area contributed by atoms with E-state index in [9.17, 15) is 13.2 Å². The minimum atomic E-state index is -3.52. The lowest BCUT2D eigenvalue weighted by atomic mass is 9.73. The highest BCUT2D eigenvalue weighted by Crippen LogP contribution is 2.41. The molecule has 2 aromatic heterocycles. The van der Waals surface area contributed by atoms with Crippen molar-refractivity contribution in [1.29, 1.82) is 0 Å². The van der Waals surface area contributed by atoms with Crippen LogP contribution < -0.4 is 15.2 Å². The van der Waals surface area contributed by atoms with Gasteiger partial charge in [0.1, 0.15) is 5.67 Å². The van der Waals surface area contributed by atoms with E-state index in [-0.39, 0.29) is 18.3 Å². The van der Waals surface area contributed by atoms with Crippen LogP contribution in [0.1, 0.15) is 45.0 Å². The van der Waals surface area contributed by atoms with Crippen LogP contribution in [0.15, 0.2) is 43.0 Å². The molecule has 4 rings (SSSR count). The van der Waals surface area contributed by atoms with Crippen molar-refractivity contribution in [1.82, 2.24) is 19.9 Å². The molecule has 12 heteroatoms. The van der Waals surface area contributed by atoms with Crippen molar-refractivity contribution in [2.45, 2.75) is 57.1 Å². The summed E-state index contributed by atoms with van der Waals surface area (Å²) in [6, 6.07) is 0. The summed E-state index contributed by atoms with van der Waals surface area (Å²) in [6.45, 7) is 5.35. The molecule has 2 aromatic rings. The number of hydrogen-bond acceptors (Lipinski definition) is 8. The lowest BCUT2D eigenvalue weighted by Gasteiger charge is -2.35. The largest absolute Gasteiger partial charge is 0.474 e. The molecule has 2 aliphatic carbocycles. The van der Waals surface area contributed by atoms with Crippen LogP contribution in [-0.4, -0.2) is 51.3 Å². The zero-order chi connectivity index (χ0) is 26.1. The van der Waals surface area contributed by atoms with Gasteiger partial charge in [-0.2, -0.15) is 0 Å². The summed E-state index contributed by atoms with van der Waals surface area (Å²) in [4.78, 5) is 29.1. The molecule has 1 fully saturated rings. The molecule has 10 nitrogen and oxygen atoms in total. The molecule has 0 radical (unpaired) electrons. The van der Waals surface area contributed by atoms with Gasteiger partial charge in [-0.1, -0.05) is 19.1 Å². The van der Waals surface area contributed by atoms with Gasteiger partial charge < -0.3 is 10.5 Å². The van der Waals surface area contributed by atoms with Gasteiger partial charge in [0.15, 0.2) is 5.82 Å². The van der Waals surface area contributed by atoms with Crippen LogP contribution in [0.4, 0.5) is 10.2 Å². The van der Waals surface area contributed by atoms with E-state index in [4.69, 9.17) is 10.5 Å². The van der Waals surface area contributed by atoms with E-state index in [0.717, 1.165) is 0 Å². The van der Waals surface area contributed by atoms with Gasteiger partial charge in [-0.05, 0) is 39.2 Å². The molecule has 1 saturated carbocycles. The first-order valence-corrected chi connectivity index (χ1v) is 13.2. The third kappa shape index (κ3) is 5.69. The zero-order valence-electron chi connectivity index (χ0n) is 20.3. The number of nitrogens with zero attached hydrogens (tertiary/aromatic N) is 4. The summed E-state index contributed by atoms with van der Waals surface area (Å²) in [6.07, 6.45) is 11.2. The van der Waals surface area contributed by atoms with Gasteiger partial charge >= 0.3 is 0 Å². The SMILES string of the molecule is CC(C)Oc1cncc(C2=CC(F)(C(C)Cc3cncc(NS(=O)(=O)C4CC4)n3)C(C(N)=O)C=C2)n1. The second kappa shape index (κ2) is 9.92. The summed E-state index contributed by atoms with van der Waals surface area (Å²) < 4.78 is 49.1. The molecule has 3 atom stereocenters. The molecular weight excluding hydrogens is 487 g/mol. The fourth-order valence-electron chi connectivity index (χ4n) is 4.06. The first kappa shape index (κ1) is 25.7. The number of hydrogen-bond donors (Lipinski definition) is 2. The lowest BCUT2D eigenvalue weighted by Crippen LogP contribution is -2.46. The number of amides is 1. The molecule has 0 aromatic carbocycles. The van der Waals surface area contributed by atoms with Crippen LogP contribution in [0.25, 0.3) is 5.57 Å². The number of sulfonamides is 1. The van der Waals surface area contributed by atoms with E-state index in [2.05, 4.69) is 24.7 Å². The number of aromatic nitrogens is 4. The molecule has 3 N–H and O–H groups in total. The number of carbonyl (C=O) groups excluding carboxylic acids is 1. The van der Waals surface area contributed by atoms with Gasteiger partial charge in [0, 0.05) is 17.7 Å². The third-order valence-corrected chi connectivity index (χ3v) is 7.90. The highest BCUT2D eigenvalue weighted by Gasteiger charge is 2.46. The Balaban J connectivity index is 1.60. The summed E-state index contributed by atoms with van der Waals surface area (Å²) in [5, 5.41) is -0.419. The number of alkyl halides is 1. The molecule has 2 aliphatic rings. The van der Waals surface area contributed by atoms with Gasteiger partial charge in [-0.3, -0.25) is 19.5 Å². The Morgan fingerprint density at radius 3 is 2.58 bits per heavy atom. The van der Waals surface area contributed by atoms with Gasteiger partial charge in [-0.15, -0.1) is 0 Å². The van der Waals surface area contributed by atoms with Crippen molar-refractivity contribution in [3.05, 3.63) is 54.4 Å². The van der Waals surface area contributed by atoms with Crippen LogP contribution in [0.3, 0.4) is 0 Å². The fraction of sp³-hybridized carbons (Fsp3) is 0.458. The second-order valence-electron chi connectivity index (χ2n) is 9.42. The van der Waals surface area contributed by atoms with Gasteiger partial charge in [-0.25, -0.2) is 22.8 Å². The molecule has 0 saturated heterocycles. The van der Waals surface area contributed by atoms with Crippen LogP contribution in [0.2, 0.25) is 0 Å². The van der Waals surface area contributed by atoms with Crippen LogP contribution >= 0.6 is 0 Å². The van der Waals surface area contributed by atoms with Gasteiger partial charge in [0.05, 0.1) is 47.3 Å². The van der Waals surface area contributed by atoms with Crippen LogP contribution in [0, 0.1) is 11.8 Å². The number of nitrogens with one attached hydrogen (secondary N) is 1. The van der Waals surface area contributed by atoms with Crippen molar-refractivity contribution in [3.8, 4) is 5.88 Å². The van der Waals surface area contributed by atoms with Crippen molar-refractivity contribution in [3.63, 3.8) is 0 Å². The van der Waals surface area contributed by atoms with Gasteiger partial charge in [0.25, 0.3) is 0 Å². The smallest absolute Gasteiger partial charge is 0.236 e. The minimum absolute atomic E-state index is 0.0722. The molecule has 36 heavy (non-hydrogen) atoms. The summed E-state index contributed by atoms with van der Waals surface area (Å²) in [5.41, 5.74) is 4.57. The predicted molar refractivity (Wildman–Crippen MR) is 132 cm³/mol. The molecule has 0 spiro atoms. The number of halogens is 1. The molecule has 192 valence electrons. The number of rotatable bonds is 10. The van der Waals surface area contributed by atoms with E-state index in [1.165, 1.54) is 36.9 Å². The van der Waals surface area contributed by atoms with Crippen LogP contribution in [-0.2, 0) is 21.2 Å². The zero-order valence-corrected chi connectivity index (χ0v) is 21.1. The summed E-state index contributed by atoms with van der Waals surface area (Å²) >= 11 is 0. The Hall–Kier alpha value is -3.41. The quantitative estimate of drug-likeness (QED) is 0.489. The van der Waals surface area contributed by atoms with Crippen molar-refractivity contribution < 1.29 is 22.3 Å². The number of nitrogens with two attached hydrogens (primary N) is 1. The molecule has 0 aliphatic heterocycles. The Morgan fingerprint density at radius 2 is 1.92 bits per heavy atom. The average molecular weight is 517 g/mol. The lowest BCUT2D eigenvalue weighted by molar-refractivity contribution is -0.124. The Morgan fingerprint density at radius 1 is 1.19 bits per heavy atom. The maximum absolute atomic E-state index is 16.6. The minimum Gasteiger partial charge on any atom is -0.474 e. The number of ether oxygens (including phenoxy) is 1. The molecule has 3 unspecified atom stereocenters. The van der Waals surface area contributed by atoms with Crippen molar-refractivity contribution in [2.75, 3.05) is 4.72 Å². The summed E-state index contributed by atoms with van der Waals surface area (Å²) in [7, 11) is -3.52. The van der Waals surface area contributed by atoms with Crippen molar-refractivity contribution >= 4 is 27.3 Å². The monoisotopic (exact) mass is 516 g/mol. The van der Waals surface area contributed by atoms with Gasteiger partial charge in [0.2, 0.25) is 21.8 Å². The number of carbonyl (C=O) groups is 1. The Bertz CT molecular complexity index is 1310. The average Bonchev–Trinajstić information content (AvgIpc) is 3.65. The topological polar surface area (TPSA) is 150 Å². The maximum atomic E-state index is 16.6. The number of primary amides is 1. The van der Waals surface area contributed by atoms with E-state index in [1.54, 1.807) is 13.0 Å². The number of anilines is 1. The first-order valence-electron chi connectivity index (χ1n) is 11.7. The normalized spacial score (nSPS) is 22.7. The second-order valence-corrected chi connectivity index (χ2v) is 11.4. The van der Waals surface area contributed by atoms with E-state index >= 15 is 4.39 Å². The fourth-order valence-corrected chi connectivity index (χ4v) is 5.37. The number of allylic oxidation sites excluding steroid dienone is 3. The predicted octanol–water partition coefficient (Wildman–Crippen LogP) is 2.60. The Kier molecular flexibility index (Phi) is 7.07. The Labute approximate surface area is 209 Å². The maximum Gasteiger partial charge on any atom is 0.236 e. The van der Waals surface area contributed by atoms with E-state index < -0.39 is 38.7 Å². The molecule has 1 amide bonds. The highest BCUT2D eigenvalue weighted by molar-refractivity contribution is 7.93.